The van der Waals surface area contributed by atoms with Crippen LogP contribution in [-0.2, 0) is 14.3 Å². The average Bonchev–Trinajstić information content (AvgIpc) is 3.69. The summed E-state index contributed by atoms with van der Waals surface area (Å²) in [7, 11) is 0. The largest absolute Gasteiger partial charge is 0.394 e. The van der Waals surface area contributed by atoms with E-state index in [-0.39, 0.29) is 6.42 Å². The molecule has 9 atom stereocenters. The molecule has 9 unspecified atom stereocenters. The molecule has 0 aromatic rings. The molecule has 1 aliphatic rings. The van der Waals surface area contributed by atoms with E-state index in [0.29, 0.717) is 19.3 Å². The minimum Gasteiger partial charge on any atom is -0.394 e. The lowest BCUT2D eigenvalue weighted by atomic mass is 9.98. The lowest BCUT2D eigenvalue weighted by Gasteiger charge is -2.40. The molecule has 8 N–H and O–H groups in total. The Morgan fingerprint density at radius 1 is 0.410 bits per heavy atom. The molecular weight excluding hydrogens is 1040 g/mol. The number of amides is 1. The molecule has 1 fully saturated rings. The van der Waals surface area contributed by atoms with E-state index in [1.54, 1.807) is 0 Å². The minimum absolute atomic E-state index is 0.265. The number of unbranched alkanes of at least 4 members (excludes halogenated alkanes) is 51. The van der Waals surface area contributed by atoms with E-state index in [1.165, 1.54) is 295 Å². The van der Waals surface area contributed by atoms with Crippen molar-refractivity contribution in [1.29, 1.82) is 0 Å². The molecule has 11 nitrogen and oxygen atoms in total. The fraction of sp³-hybridized carbons (Fsp3) is 0.958. The molecule has 1 heterocycles. The summed E-state index contributed by atoms with van der Waals surface area (Å²) in [6.45, 7) is 3.52. The number of rotatable bonds is 65. The summed E-state index contributed by atoms with van der Waals surface area (Å²) in [5.41, 5.74) is 0. The zero-order valence-corrected chi connectivity index (χ0v) is 54.7. The van der Waals surface area contributed by atoms with Crippen LogP contribution in [0.5, 0.6) is 0 Å². The Labute approximate surface area is 512 Å². The number of ether oxygens (including phenoxy) is 2. The van der Waals surface area contributed by atoms with Gasteiger partial charge in [-0.3, -0.25) is 4.79 Å². The first kappa shape index (κ1) is 79.9. The van der Waals surface area contributed by atoms with Crippen LogP contribution in [0.3, 0.4) is 0 Å². The standard InChI is InChI=1S/C72H141NO10/c1-3-5-7-9-11-13-15-17-19-21-23-25-26-27-28-29-30-31-32-33-34-35-36-37-38-39-40-42-44-46-48-50-52-54-56-58-60-65(76)71(81)73-63(62-82-72-70(80)69(79)68(78)66(61-74)83-72)67(77)64(75)59-57-55-53-51-49-47-45-43-41-24-22-20-18-16-14-12-10-8-6-4-2/h31-32,63-70,72,74-80H,3-30,33-62H2,1-2H3,(H,73,81)/b32-31-. The van der Waals surface area contributed by atoms with Crippen molar-refractivity contribution < 1.29 is 50.0 Å². The highest BCUT2D eigenvalue weighted by molar-refractivity contribution is 5.80. The molecule has 0 saturated carbocycles. The molecule has 1 saturated heterocycles. The Balaban J connectivity index is 2.13. The predicted octanol–water partition coefficient (Wildman–Crippen LogP) is 17.8. The first-order valence-electron chi connectivity index (χ1n) is 36.6. The van der Waals surface area contributed by atoms with E-state index in [0.717, 1.165) is 38.5 Å². The van der Waals surface area contributed by atoms with Crippen LogP contribution in [0.2, 0.25) is 0 Å². The molecule has 0 aliphatic carbocycles. The van der Waals surface area contributed by atoms with Crippen molar-refractivity contribution in [3.63, 3.8) is 0 Å². The zero-order valence-electron chi connectivity index (χ0n) is 54.7. The lowest BCUT2D eigenvalue weighted by molar-refractivity contribution is -0.303. The maximum Gasteiger partial charge on any atom is 0.249 e. The topological polar surface area (TPSA) is 189 Å². The van der Waals surface area contributed by atoms with E-state index in [4.69, 9.17) is 9.47 Å². The first-order chi connectivity index (χ1) is 40.7. The van der Waals surface area contributed by atoms with Gasteiger partial charge in [0.2, 0.25) is 5.91 Å². The van der Waals surface area contributed by atoms with Gasteiger partial charge in [-0.2, -0.15) is 0 Å². The van der Waals surface area contributed by atoms with Crippen molar-refractivity contribution in [3.05, 3.63) is 12.2 Å². The smallest absolute Gasteiger partial charge is 0.249 e. The highest BCUT2D eigenvalue weighted by Crippen LogP contribution is 2.24. The molecule has 1 aliphatic heterocycles. The second-order valence-corrected chi connectivity index (χ2v) is 26.0. The van der Waals surface area contributed by atoms with E-state index < -0.39 is 74.2 Å². The quantitative estimate of drug-likeness (QED) is 0.0215. The third-order valence-corrected chi connectivity index (χ3v) is 18.1. The van der Waals surface area contributed by atoms with E-state index in [2.05, 4.69) is 31.3 Å². The molecular formula is C72H141NO10. The Morgan fingerprint density at radius 2 is 0.699 bits per heavy atom. The maximum absolute atomic E-state index is 13.3. The summed E-state index contributed by atoms with van der Waals surface area (Å²) < 4.78 is 11.2. The van der Waals surface area contributed by atoms with Crippen LogP contribution in [0.25, 0.3) is 0 Å². The van der Waals surface area contributed by atoms with Gasteiger partial charge in [0.15, 0.2) is 6.29 Å². The Hall–Kier alpha value is -1.15. The highest BCUT2D eigenvalue weighted by Gasteiger charge is 2.44. The van der Waals surface area contributed by atoms with Crippen LogP contribution in [0.15, 0.2) is 12.2 Å². The second kappa shape index (κ2) is 61.1. The van der Waals surface area contributed by atoms with Crippen molar-refractivity contribution in [3.8, 4) is 0 Å². The number of nitrogens with one attached hydrogen (secondary N) is 1. The van der Waals surface area contributed by atoms with Crippen molar-refractivity contribution >= 4 is 5.91 Å². The number of hydrogen-bond donors (Lipinski definition) is 8. The molecule has 1 amide bonds. The van der Waals surface area contributed by atoms with Gasteiger partial charge in [0.25, 0.3) is 0 Å². The fourth-order valence-electron chi connectivity index (χ4n) is 12.2. The molecule has 0 bridgehead atoms. The number of aliphatic hydroxyl groups is 7. The van der Waals surface area contributed by atoms with E-state index in [9.17, 15) is 40.5 Å². The van der Waals surface area contributed by atoms with Crippen molar-refractivity contribution in [2.45, 2.75) is 428 Å². The van der Waals surface area contributed by atoms with Crippen LogP contribution in [0.1, 0.15) is 373 Å². The van der Waals surface area contributed by atoms with Crippen molar-refractivity contribution in [2.75, 3.05) is 13.2 Å². The van der Waals surface area contributed by atoms with Gasteiger partial charge in [0.1, 0.15) is 36.6 Å². The molecule has 1 rings (SSSR count). The van der Waals surface area contributed by atoms with Gasteiger partial charge >= 0.3 is 0 Å². The minimum atomic E-state index is -1.66. The molecule has 0 spiro atoms. The summed E-state index contributed by atoms with van der Waals surface area (Å²) in [4.78, 5) is 13.3. The highest BCUT2D eigenvalue weighted by atomic mass is 16.7. The summed E-state index contributed by atoms with van der Waals surface area (Å²) >= 11 is 0. The summed E-state index contributed by atoms with van der Waals surface area (Å²) in [6.07, 6.45) is 64.5. The number of aliphatic hydroxyl groups excluding tert-OH is 7. The van der Waals surface area contributed by atoms with Crippen molar-refractivity contribution in [1.82, 2.24) is 5.32 Å². The number of allylic oxidation sites excluding steroid dienone is 2. The second-order valence-electron chi connectivity index (χ2n) is 26.0. The summed E-state index contributed by atoms with van der Waals surface area (Å²) in [5.74, 6) is -0.688. The van der Waals surface area contributed by atoms with Gasteiger partial charge in [0, 0.05) is 0 Å². The van der Waals surface area contributed by atoms with Crippen LogP contribution in [0.4, 0.5) is 0 Å². The fourth-order valence-corrected chi connectivity index (χ4v) is 12.2. The third kappa shape index (κ3) is 48.5. The summed E-state index contributed by atoms with van der Waals surface area (Å²) in [5, 5.41) is 76.5. The summed E-state index contributed by atoms with van der Waals surface area (Å²) in [6, 6.07) is -1.17. The van der Waals surface area contributed by atoms with Gasteiger partial charge in [-0.1, -0.05) is 347 Å². The van der Waals surface area contributed by atoms with Gasteiger partial charge in [-0.15, -0.1) is 0 Å². The van der Waals surface area contributed by atoms with Crippen LogP contribution in [0, 0.1) is 0 Å². The Morgan fingerprint density at radius 3 is 1.01 bits per heavy atom. The number of carbonyl (C=O) groups excluding carboxylic acids is 1. The molecule has 0 aromatic carbocycles. The number of carbonyl (C=O) groups is 1. The molecule has 0 aromatic heterocycles. The SMILES string of the molecule is CCCCCCCCCCCCCCCCCC/C=C\CCCCCCCCCCCCCCCCCCC(O)C(=O)NC(COC1OC(CO)C(O)C(O)C1O)C(O)C(O)CCCCCCCCCCCCCCCCCCCCCC. The predicted molar refractivity (Wildman–Crippen MR) is 349 cm³/mol. The van der Waals surface area contributed by atoms with Crippen LogP contribution in [-0.4, -0.2) is 110 Å². The molecule has 11 heteroatoms. The first-order valence-corrected chi connectivity index (χ1v) is 36.6. The van der Waals surface area contributed by atoms with Gasteiger partial charge < -0.3 is 50.5 Å². The Kier molecular flexibility index (Phi) is 58.8. The van der Waals surface area contributed by atoms with Crippen LogP contribution >= 0.6 is 0 Å². The maximum atomic E-state index is 13.3. The van der Waals surface area contributed by atoms with E-state index in [1.807, 2.05) is 0 Å². The van der Waals surface area contributed by atoms with Crippen LogP contribution < -0.4 is 5.32 Å². The van der Waals surface area contributed by atoms with Gasteiger partial charge in [-0.05, 0) is 38.5 Å². The average molecular weight is 1180 g/mol. The lowest BCUT2D eigenvalue weighted by Crippen LogP contribution is -2.60. The van der Waals surface area contributed by atoms with Gasteiger partial charge in [0.05, 0.1) is 25.4 Å². The molecule has 0 radical (unpaired) electrons. The third-order valence-electron chi connectivity index (χ3n) is 18.1. The van der Waals surface area contributed by atoms with E-state index >= 15 is 0 Å². The Bertz CT molecular complexity index is 1350. The normalized spacial score (nSPS) is 19.0. The monoisotopic (exact) mass is 1180 g/mol. The molecule has 494 valence electrons. The zero-order chi connectivity index (χ0) is 60.3. The molecule has 83 heavy (non-hydrogen) atoms. The van der Waals surface area contributed by atoms with Gasteiger partial charge in [-0.25, -0.2) is 0 Å². The van der Waals surface area contributed by atoms with Crippen molar-refractivity contribution in [2.24, 2.45) is 0 Å². The number of hydrogen-bond acceptors (Lipinski definition) is 10.